The summed E-state index contributed by atoms with van der Waals surface area (Å²) in [6.07, 6.45) is -3.93. The van der Waals surface area contributed by atoms with Crippen molar-refractivity contribution in [2.75, 3.05) is 27.3 Å². The summed E-state index contributed by atoms with van der Waals surface area (Å²) >= 11 is 0. The highest BCUT2D eigenvalue weighted by atomic mass is 19.4. The Morgan fingerprint density at radius 1 is 1.07 bits per heavy atom. The molecule has 1 saturated heterocycles. The third-order valence-corrected chi connectivity index (χ3v) is 4.92. The van der Waals surface area contributed by atoms with Crippen LogP contribution in [0.5, 0.6) is 11.5 Å². The standard InChI is InChI=1S/C20H21F4NO2/c1-26-17-8-4-6-15(19(17)27-2)13-9-10-25(11-13)12-14-5-3-7-16(21)18(14)20(22,23)24/h3-8,13H,9-12H2,1-2H3. The average Bonchev–Trinajstić information content (AvgIpc) is 3.08. The fraction of sp³-hybridized carbons (Fsp3) is 0.400. The molecule has 0 aliphatic carbocycles. The Kier molecular flexibility index (Phi) is 5.60. The molecule has 2 aromatic rings. The zero-order valence-electron chi connectivity index (χ0n) is 15.1. The Morgan fingerprint density at radius 3 is 2.48 bits per heavy atom. The van der Waals surface area contributed by atoms with Gasteiger partial charge in [0.2, 0.25) is 0 Å². The SMILES string of the molecule is COc1cccc(C2CCN(Cc3cccc(F)c3C(F)(F)F)C2)c1OC. The lowest BCUT2D eigenvalue weighted by molar-refractivity contribution is -0.140. The Hall–Kier alpha value is -2.28. The molecule has 0 amide bonds. The van der Waals surface area contributed by atoms with Crippen LogP contribution in [0.25, 0.3) is 0 Å². The topological polar surface area (TPSA) is 21.7 Å². The smallest absolute Gasteiger partial charge is 0.419 e. The molecule has 0 bridgehead atoms. The summed E-state index contributed by atoms with van der Waals surface area (Å²) < 4.78 is 64.2. The van der Waals surface area contributed by atoms with Gasteiger partial charge in [0.1, 0.15) is 5.82 Å². The predicted molar refractivity (Wildman–Crippen MR) is 93.6 cm³/mol. The number of methoxy groups -OCH3 is 2. The van der Waals surface area contributed by atoms with Crippen molar-refractivity contribution >= 4 is 0 Å². The summed E-state index contributed by atoms with van der Waals surface area (Å²) in [7, 11) is 3.13. The number of benzene rings is 2. The van der Waals surface area contributed by atoms with E-state index in [1.807, 2.05) is 17.0 Å². The summed E-state index contributed by atoms with van der Waals surface area (Å²) in [6, 6.07) is 9.12. The minimum Gasteiger partial charge on any atom is -0.493 e. The van der Waals surface area contributed by atoms with Crippen LogP contribution in [-0.4, -0.2) is 32.2 Å². The number of nitrogens with zero attached hydrogens (tertiary/aromatic N) is 1. The van der Waals surface area contributed by atoms with Gasteiger partial charge in [-0.05, 0) is 30.7 Å². The van der Waals surface area contributed by atoms with E-state index in [0.29, 0.717) is 24.6 Å². The van der Waals surface area contributed by atoms with Crippen LogP contribution in [-0.2, 0) is 12.7 Å². The van der Waals surface area contributed by atoms with Crippen molar-refractivity contribution in [1.29, 1.82) is 0 Å². The number of hydrogen-bond acceptors (Lipinski definition) is 3. The molecule has 3 nitrogen and oxygen atoms in total. The Morgan fingerprint density at radius 2 is 1.81 bits per heavy atom. The first-order valence-corrected chi connectivity index (χ1v) is 8.63. The van der Waals surface area contributed by atoms with Crippen LogP contribution >= 0.6 is 0 Å². The van der Waals surface area contributed by atoms with E-state index >= 15 is 0 Å². The maximum Gasteiger partial charge on any atom is 0.419 e. The van der Waals surface area contributed by atoms with Gasteiger partial charge < -0.3 is 9.47 Å². The highest BCUT2D eigenvalue weighted by Crippen LogP contribution is 2.40. The lowest BCUT2D eigenvalue weighted by Crippen LogP contribution is -2.23. The molecule has 0 radical (unpaired) electrons. The number of ether oxygens (including phenoxy) is 2. The fourth-order valence-corrected chi connectivity index (χ4v) is 3.72. The molecule has 1 aliphatic rings. The molecule has 0 N–H and O–H groups in total. The van der Waals surface area contributed by atoms with Crippen LogP contribution in [0.3, 0.4) is 0 Å². The second-order valence-electron chi connectivity index (χ2n) is 6.58. The highest BCUT2D eigenvalue weighted by molar-refractivity contribution is 5.48. The molecule has 1 unspecified atom stereocenters. The summed E-state index contributed by atoms with van der Waals surface area (Å²) in [5.41, 5.74) is -0.247. The van der Waals surface area contributed by atoms with Crippen molar-refractivity contribution in [2.24, 2.45) is 0 Å². The van der Waals surface area contributed by atoms with Crippen LogP contribution in [0.15, 0.2) is 36.4 Å². The van der Waals surface area contributed by atoms with E-state index in [4.69, 9.17) is 9.47 Å². The largest absolute Gasteiger partial charge is 0.493 e. The van der Waals surface area contributed by atoms with E-state index in [1.165, 1.54) is 12.1 Å². The van der Waals surface area contributed by atoms with Gasteiger partial charge in [0.15, 0.2) is 11.5 Å². The summed E-state index contributed by atoms with van der Waals surface area (Å²) in [6.45, 7) is 1.24. The third-order valence-electron chi connectivity index (χ3n) is 4.92. The first-order valence-electron chi connectivity index (χ1n) is 8.63. The van der Waals surface area contributed by atoms with Gasteiger partial charge in [-0.15, -0.1) is 0 Å². The van der Waals surface area contributed by atoms with Crippen LogP contribution in [0.2, 0.25) is 0 Å². The van der Waals surface area contributed by atoms with Crippen molar-refractivity contribution in [3.8, 4) is 11.5 Å². The van der Waals surface area contributed by atoms with Crippen molar-refractivity contribution in [1.82, 2.24) is 4.90 Å². The molecule has 0 spiro atoms. The van der Waals surface area contributed by atoms with E-state index < -0.39 is 17.6 Å². The Balaban J connectivity index is 1.80. The van der Waals surface area contributed by atoms with Crippen molar-refractivity contribution in [2.45, 2.75) is 25.1 Å². The number of likely N-dealkylation sites (tertiary alicyclic amines) is 1. The second-order valence-corrected chi connectivity index (χ2v) is 6.58. The number of alkyl halides is 3. The van der Waals surface area contributed by atoms with Gasteiger partial charge in [-0.25, -0.2) is 4.39 Å². The molecule has 1 aliphatic heterocycles. The van der Waals surface area contributed by atoms with E-state index in [1.54, 1.807) is 20.3 Å². The Bertz CT molecular complexity index is 807. The zero-order valence-corrected chi connectivity index (χ0v) is 15.1. The number of rotatable bonds is 5. The van der Waals surface area contributed by atoms with E-state index in [2.05, 4.69) is 0 Å². The zero-order chi connectivity index (χ0) is 19.6. The monoisotopic (exact) mass is 383 g/mol. The van der Waals surface area contributed by atoms with Gasteiger partial charge in [-0.3, -0.25) is 4.90 Å². The second kappa shape index (κ2) is 7.76. The van der Waals surface area contributed by atoms with Crippen LogP contribution in [0, 0.1) is 5.82 Å². The minimum atomic E-state index is -4.71. The number of para-hydroxylation sites is 1. The van der Waals surface area contributed by atoms with Gasteiger partial charge >= 0.3 is 6.18 Å². The van der Waals surface area contributed by atoms with E-state index in [0.717, 1.165) is 18.1 Å². The lowest BCUT2D eigenvalue weighted by atomic mass is 9.97. The van der Waals surface area contributed by atoms with Crippen molar-refractivity contribution in [3.63, 3.8) is 0 Å². The highest BCUT2D eigenvalue weighted by Gasteiger charge is 2.37. The molecule has 2 aromatic carbocycles. The summed E-state index contributed by atoms with van der Waals surface area (Å²) in [5.74, 6) is 0.148. The molecule has 1 heterocycles. The van der Waals surface area contributed by atoms with Gasteiger partial charge in [-0.1, -0.05) is 24.3 Å². The number of hydrogen-bond donors (Lipinski definition) is 0. The molecule has 3 rings (SSSR count). The van der Waals surface area contributed by atoms with Gasteiger partial charge in [0.05, 0.1) is 19.8 Å². The lowest BCUT2D eigenvalue weighted by Gasteiger charge is -2.21. The van der Waals surface area contributed by atoms with Crippen molar-refractivity contribution in [3.05, 3.63) is 58.9 Å². The first-order chi connectivity index (χ1) is 12.8. The van der Waals surface area contributed by atoms with Crippen LogP contribution in [0.1, 0.15) is 29.0 Å². The molecule has 7 heteroatoms. The van der Waals surface area contributed by atoms with E-state index in [-0.39, 0.29) is 18.0 Å². The third kappa shape index (κ3) is 4.03. The van der Waals surface area contributed by atoms with Gasteiger partial charge in [0.25, 0.3) is 0 Å². The number of halogens is 4. The summed E-state index contributed by atoms with van der Waals surface area (Å²) in [4.78, 5) is 1.91. The molecule has 1 atom stereocenters. The normalized spacial score (nSPS) is 17.9. The maximum absolute atomic E-state index is 13.8. The van der Waals surface area contributed by atoms with Gasteiger partial charge in [0, 0.05) is 24.6 Å². The van der Waals surface area contributed by atoms with Gasteiger partial charge in [-0.2, -0.15) is 13.2 Å². The van der Waals surface area contributed by atoms with Crippen molar-refractivity contribution < 1.29 is 27.0 Å². The molecular weight excluding hydrogens is 362 g/mol. The molecule has 0 saturated carbocycles. The molecular formula is C20H21F4NO2. The maximum atomic E-state index is 13.8. The fourth-order valence-electron chi connectivity index (χ4n) is 3.72. The predicted octanol–water partition coefficient (Wildman–Crippen LogP) is 4.85. The molecule has 146 valence electrons. The molecule has 1 fully saturated rings. The summed E-state index contributed by atoms with van der Waals surface area (Å²) in [5, 5.41) is 0. The molecule has 27 heavy (non-hydrogen) atoms. The quantitative estimate of drug-likeness (QED) is 0.689. The minimum absolute atomic E-state index is 0.0410. The van der Waals surface area contributed by atoms with E-state index in [9.17, 15) is 17.6 Å². The Labute approximate surface area is 155 Å². The van der Waals surface area contributed by atoms with Crippen LogP contribution < -0.4 is 9.47 Å². The first kappa shape index (κ1) is 19.5. The average molecular weight is 383 g/mol. The van der Waals surface area contributed by atoms with Crippen LogP contribution in [0.4, 0.5) is 17.6 Å². The molecule has 0 aromatic heterocycles.